The number of nitrogens with one attached hydrogen (secondary N) is 1. The van der Waals surface area contributed by atoms with Crippen LogP contribution in [0.4, 0.5) is 0 Å². The molecule has 0 aromatic rings. The van der Waals surface area contributed by atoms with Crippen molar-refractivity contribution in [2.75, 3.05) is 26.7 Å². The molecule has 0 radical (unpaired) electrons. The van der Waals surface area contributed by atoms with Crippen molar-refractivity contribution < 1.29 is 0 Å². The smallest absolute Gasteiger partial charge is 0.00355 e. The molecule has 2 heteroatoms. The summed E-state index contributed by atoms with van der Waals surface area (Å²) >= 11 is 0. The Hall–Kier alpha value is -0.0800. The van der Waals surface area contributed by atoms with Gasteiger partial charge in [-0.15, -0.1) is 0 Å². The maximum absolute atomic E-state index is 3.34. The van der Waals surface area contributed by atoms with Gasteiger partial charge in [-0.3, -0.25) is 0 Å². The van der Waals surface area contributed by atoms with Gasteiger partial charge in [0.2, 0.25) is 0 Å². The van der Waals surface area contributed by atoms with Gasteiger partial charge in [0.25, 0.3) is 0 Å². The second-order valence-electron chi connectivity index (χ2n) is 4.74. The lowest BCUT2D eigenvalue weighted by Gasteiger charge is -2.40. The van der Waals surface area contributed by atoms with Gasteiger partial charge in [-0.25, -0.2) is 0 Å². The van der Waals surface area contributed by atoms with Gasteiger partial charge in [-0.05, 0) is 39.3 Å². The van der Waals surface area contributed by atoms with E-state index < -0.39 is 0 Å². The summed E-state index contributed by atoms with van der Waals surface area (Å²) < 4.78 is 0. The van der Waals surface area contributed by atoms with E-state index in [9.17, 15) is 0 Å². The summed E-state index contributed by atoms with van der Waals surface area (Å²) in [6, 6.07) is 0.682. The van der Waals surface area contributed by atoms with Gasteiger partial charge in [-0.1, -0.05) is 20.8 Å². The van der Waals surface area contributed by atoms with Gasteiger partial charge in [0.1, 0.15) is 0 Å². The van der Waals surface area contributed by atoms with Crippen LogP contribution >= 0.6 is 0 Å². The molecule has 0 unspecified atom stereocenters. The van der Waals surface area contributed by atoms with Crippen molar-refractivity contribution >= 4 is 0 Å². The monoisotopic (exact) mass is 200 g/mol. The molecule has 1 heterocycles. The first-order valence-electron chi connectivity index (χ1n) is 5.94. The van der Waals surface area contributed by atoms with Gasteiger partial charge in [0.15, 0.2) is 0 Å². The number of rotatable bonds is 4. The molecule has 0 aromatic carbocycles. The quantitative estimate of drug-likeness (QED) is 0.749. The average molecular weight is 200 g/mol. The first-order chi connectivity index (χ1) is 6.53. The SMILES string of the molecule is CC.CC(C)N(C)CCC1(C)CNC1. The average Bonchev–Trinajstić information content (AvgIpc) is 2.14. The lowest BCUT2D eigenvalue weighted by molar-refractivity contribution is 0.143. The second kappa shape index (κ2) is 6.41. The van der Waals surface area contributed by atoms with E-state index in [1.807, 2.05) is 13.8 Å². The Balaban J connectivity index is 0.000000791. The molecule has 86 valence electrons. The Kier molecular flexibility index (Phi) is 6.38. The van der Waals surface area contributed by atoms with Crippen molar-refractivity contribution in [1.82, 2.24) is 10.2 Å². The fraction of sp³-hybridized carbons (Fsp3) is 1.00. The molecule has 1 N–H and O–H groups in total. The van der Waals surface area contributed by atoms with Crippen molar-refractivity contribution in [2.24, 2.45) is 5.41 Å². The van der Waals surface area contributed by atoms with Crippen LogP contribution < -0.4 is 5.32 Å². The molecule has 0 saturated carbocycles. The first-order valence-corrected chi connectivity index (χ1v) is 5.94. The summed E-state index contributed by atoms with van der Waals surface area (Å²) in [6.07, 6.45) is 1.33. The molecule has 1 fully saturated rings. The van der Waals surface area contributed by atoms with Gasteiger partial charge >= 0.3 is 0 Å². The van der Waals surface area contributed by atoms with Gasteiger partial charge < -0.3 is 10.2 Å². The normalized spacial score (nSPS) is 18.9. The molecule has 1 rings (SSSR count). The van der Waals surface area contributed by atoms with Crippen molar-refractivity contribution in [2.45, 2.75) is 47.1 Å². The Bertz CT molecular complexity index is 139. The zero-order valence-electron chi connectivity index (χ0n) is 10.9. The second-order valence-corrected chi connectivity index (χ2v) is 4.74. The molecule has 14 heavy (non-hydrogen) atoms. The third kappa shape index (κ3) is 4.43. The van der Waals surface area contributed by atoms with E-state index in [1.165, 1.54) is 26.1 Å². The Morgan fingerprint density at radius 1 is 1.29 bits per heavy atom. The Morgan fingerprint density at radius 3 is 2.07 bits per heavy atom. The van der Waals surface area contributed by atoms with Crippen LogP contribution in [-0.2, 0) is 0 Å². The van der Waals surface area contributed by atoms with E-state index in [1.54, 1.807) is 0 Å². The minimum atomic E-state index is 0.586. The van der Waals surface area contributed by atoms with E-state index in [2.05, 4.69) is 38.0 Å². The lowest BCUT2D eigenvalue weighted by atomic mass is 9.81. The highest BCUT2D eigenvalue weighted by Gasteiger charge is 2.31. The van der Waals surface area contributed by atoms with E-state index in [-0.39, 0.29) is 0 Å². The Labute approximate surface area is 90.1 Å². The predicted molar refractivity (Wildman–Crippen MR) is 64.7 cm³/mol. The molecule has 0 atom stereocenters. The predicted octanol–water partition coefficient (Wildman–Crippen LogP) is 2.35. The summed E-state index contributed by atoms with van der Waals surface area (Å²) in [4.78, 5) is 2.42. The minimum absolute atomic E-state index is 0.586. The standard InChI is InChI=1S/C10H22N2.C2H6/c1-9(2)12(4)6-5-10(3)7-11-8-10;1-2/h9,11H,5-8H2,1-4H3;1-2H3. The van der Waals surface area contributed by atoms with Crippen molar-refractivity contribution in [3.8, 4) is 0 Å². The molecular formula is C12H28N2. The van der Waals surface area contributed by atoms with Crippen LogP contribution in [0.5, 0.6) is 0 Å². The summed E-state index contributed by atoms with van der Waals surface area (Å²) in [5, 5.41) is 3.34. The topological polar surface area (TPSA) is 15.3 Å². The highest BCUT2D eigenvalue weighted by Crippen LogP contribution is 2.25. The highest BCUT2D eigenvalue weighted by atomic mass is 15.1. The molecule has 1 aliphatic rings. The molecule has 0 amide bonds. The summed E-state index contributed by atoms with van der Waals surface area (Å²) in [5.74, 6) is 0. The van der Waals surface area contributed by atoms with Crippen LogP contribution in [0.3, 0.4) is 0 Å². The fourth-order valence-corrected chi connectivity index (χ4v) is 1.43. The van der Waals surface area contributed by atoms with Crippen LogP contribution in [0.25, 0.3) is 0 Å². The minimum Gasteiger partial charge on any atom is -0.316 e. The van der Waals surface area contributed by atoms with Crippen LogP contribution in [0, 0.1) is 5.41 Å². The lowest BCUT2D eigenvalue weighted by Crippen LogP contribution is -2.52. The van der Waals surface area contributed by atoms with E-state index in [0.717, 1.165) is 0 Å². The van der Waals surface area contributed by atoms with Gasteiger partial charge in [-0.2, -0.15) is 0 Å². The molecular weight excluding hydrogens is 172 g/mol. The molecule has 0 aliphatic carbocycles. The molecule has 0 aromatic heterocycles. The molecule has 1 aliphatic heterocycles. The number of hydrogen-bond acceptors (Lipinski definition) is 2. The molecule has 1 saturated heterocycles. The third-order valence-corrected chi connectivity index (χ3v) is 3.05. The largest absolute Gasteiger partial charge is 0.316 e. The summed E-state index contributed by atoms with van der Waals surface area (Å²) in [5.41, 5.74) is 0.586. The highest BCUT2D eigenvalue weighted by molar-refractivity contribution is 4.88. The third-order valence-electron chi connectivity index (χ3n) is 3.05. The van der Waals surface area contributed by atoms with Crippen molar-refractivity contribution in [1.29, 1.82) is 0 Å². The summed E-state index contributed by atoms with van der Waals surface area (Å²) in [6.45, 7) is 14.5. The van der Waals surface area contributed by atoms with E-state index in [4.69, 9.17) is 0 Å². The summed E-state index contributed by atoms with van der Waals surface area (Å²) in [7, 11) is 2.21. The van der Waals surface area contributed by atoms with Crippen molar-refractivity contribution in [3.05, 3.63) is 0 Å². The maximum Gasteiger partial charge on any atom is 0.00355 e. The Morgan fingerprint density at radius 2 is 1.79 bits per heavy atom. The molecule has 2 nitrogen and oxygen atoms in total. The van der Waals surface area contributed by atoms with Gasteiger partial charge in [0.05, 0.1) is 0 Å². The van der Waals surface area contributed by atoms with Gasteiger partial charge in [0, 0.05) is 19.1 Å². The maximum atomic E-state index is 3.34. The zero-order chi connectivity index (χ0) is 11.2. The first kappa shape index (κ1) is 13.9. The van der Waals surface area contributed by atoms with Crippen LogP contribution in [0.2, 0.25) is 0 Å². The van der Waals surface area contributed by atoms with Crippen LogP contribution in [0.15, 0.2) is 0 Å². The van der Waals surface area contributed by atoms with E-state index >= 15 is 0 Å². The molecule has 0 bridgehead atoms. The number of hydrogen-bond donors (Lipinski definition) is 1. The van der Waals surface area contributed by atoms with Crippen molar-refractivity contribution in [3.63, 3.8) is 0 Å². The number of nitrogens with zero attached hydrogens (tertiary/aromatic N) is 1. The molecule has 0 spiro atoms. The van der Waals surface area contributed by atoms with E-state index in [0.29, 0.717) is 11.5 Å². The van der Waals surface area contributed by atoms with Crippen LogP contribution in [-0.4, -0.2) is 37.6 Å². The van der Waals surface area contributed by atoms with Crippen LogP contribution in [0.1, 0.15) is 41.0 Å². The zero-order valence-corrected chi connectivity index (χ0v) is 10.9. The fourth-order valence-electron chi connectivity index (χ4n) is 1.43.